The molecule has 0 radical (unpaired) electrons. The zero-order valence-electron chi connectivity index (χ0n) is 12.0. The number of carboxylic acid groups (broad SMARTS) is 1. The Morgan fingerprint density at radius 1 is 1.35 bits per heavy atom. The zero-order valence-corrected chi connectivity index (χ0v) is 12.0. The second-order valence-corrected chi connectivity index (χ2v) is 4.96. The lowest BCUT2D eigenvalue weighted by Gasteiger charge is -2.11. The van der Waals surface area contributed by atoms with Gasteiger partial charge >= 0.3 is 5.97 Å². The van der Waals surface area contributed by atoms with Crippen LogP contribution in [0.4, 0.5) is 0 Å². The van der Waals surface area contributed by atoms with Crippen LogP contribution in [-0.4, -0.2) is 28.0 Å². The molecule has 1 aromatic carbocycles. The quantitative estimate of drug-likeness (QED) is 0.931. The molecule has 0 atom stereocenters. The van der Waals surface area contributed by atoms with Gasteiger partial charge in [0.15, 0.2) is 0 Å². The first-order valence-electron chi connectivity index (χ1n) is 6.39. The number of methoxy groups -OCH3 is 1. The molecule has 106 valence electrons. The molecule has 0 aliphatic carbocycles. The van der Waals surface area contributed by atoms with Gasteiger partial charge in [-0.15, -0.1) is 0 Å². The Morgan fingerprint density at radius 2 is 2.05 bits per heavy atom. The molecule has 0 aliphatic rings. The van der Waals surface area contributed by atoms with Crippen LogP contribution < -0.4 is 4.74 Å². The van der Waals surface area contributed by atoms with E-state index >= 15 is 0 Å². The van der Waals surface area contributed by atoms with Gasteiger partial charge in [0.2, 0.25) is 0 Å². The van der Waals surface area contributed by atoms with Crippen LogP contribution in [0.5, 0.6) is 5.75 Å². The smallest absolute Gasteiger partial charge is 0.354 e. The maximum absolute atomic E-state index is 11.1. The molecule has 0 saturated carbocycles. The van der Waals surface area contributed by atoms with Gasteiger partial charge in [-0.1, -0.05) is 19.9 Å². The molecule has 1 heterocycles. The minimum absolute atomic E-state index is 0.148. The van der Waals surface area contributed by atoms with E-state index in [1.54, 1.807) is 20.2 Å². The van der Waals surface area contributed by atoms with Crippen LogP contribution in [0.3, 0.4) is 0 Å². The Morgan fingerprint density at radius 3 is 2.55 bits per heavy atom. The van der Waals surface area contributed by atoms with Crippen LogP contribution in [0.15, 0.2) is 24.3 Å². The summed E-state index contributed by atoms with van der Waals surface area (Å²) < 4.78 is 6.76. The van der Waals surface area contributed by atoms with E-state index in [1.165, 1.54) is 10.2 Å². The SMILES string of the molecule is COc1cc(C(C)C)ccc1-c1cc(C(=O)O)n(C)n1. The van der Waals surface area contributed by atoms with Crippen LogP contribution in [-0.2, 0) is 7.05 Å². The Balaban J connectivity index is 2.52. The highest BCUT2D eigenvalue weighted by Crippen LogP contribution is 2.32. The average molecular weight is 274 g/mol. The van der Waals surface area contributed by atoms with Gasteiger partial charge in [-0.05, 0) is 29.7 Å². The Hall–Kier alpha value is -2.30. The minimum Gasteiger partial charge on any atom is -0.496 e. The highest BCUT2D eigenvalue weighted by Gasteiger charge is 2.16. The van der Waals surface area contributed by atoms with E-state index in [-0.39, 0.29) is 5.69 Å². The van der Waals surface area contributed by atoms with E-state index in [0.717, 1.165) is 5.56 Å². The number of nitrogens with zero attached hydrogens (tertiary/aromatic N) is 2. The molecule has 1 aromatic heterocycles. The van der Waals surface area contributed by atoms with Crippen molar-refractivity contribution in [3.8, 4) is 17.0 Å². The van der Waals surface area contributed by atoms with Crippen molar-refractivity contribution in [3.63, 3.8) is 0 Å². The van der Waals surface area contributed by atoms with Crippen molar-refractivity contribution in [2.45, 2.75) is 19.8 Å². The second kappa shape index (κ2) is 5.36. The molecule has 0 amide bonds. The molecule has 0 unspecified atom stereocenters. The van der Waals surface area contributed by atoms with Gasteiger partial charge in [-0.3, -0.25) is 4.68 Å². The third-order valence-corrected chi connectivity index (χ3v) is 3.27. The second-order valence-electron chi connectivity index (χ2n) is 4.96. The first kappa shape index (κ1) is 14.1. The minimum atomic E-state index is -0.996. The predicted octanol–water partition coefficient (Wildman–Crippen LogP) is 2.92. The standard InChI is InChI=1S/C15H18N2O3/c1-9(2)10-5-6-11(14(7-10)20-4)12-8-13(15(18)19)17(3)16-12/h5-9H,1-4H3,(H,18,19). The summed E-state index contributed by atoms with van der Waals surface area (Å²) in [6.07, 6.45) is 0. The summed E-state index contributed by atoms with van der Waals surface area (Å²) in [4.78, 5) is 11.1. The van der Waals surface area contributed by atoms with Gasteiger partial charge in [0, 0.05) is 12.6 Å². The molecule has 5 heteroatoms. The number of carbonyl (C=O) groups is 1. The number of aryl methyl sites for hydroxylation is 1. The van der Waals surface area contributed by atoms with E-state index in [4.69, 9.17) is 9.84 Å². The zero-order chi connectivity index (χ0) is 14.9. The van der Waals surface area contributed by atoms with Crippen molar-refractivity contribution in [3.05, 3.63) is 35.5 Å². The number of carboxylic acids is 1. The molecule has 0 bridgehead atoms. The predicted molar refractivity (Wildman–Crippen MR) is 76.2 cm³/mol. The van der Waals surface area contributed by atoms with Crippen molar-refractivity contribution in [1.82, 2.24) is 9.78 Å². The Bertz CT molecular complexity index is 645. The number of benzene rings is 1. The van der Waals surface area contributed by atoms with Gasteiger partial charge in [0.1, 0.15) is 11.4 Å². The number of rotatable bonds is 4. The highest BCUT2D eigenvalue weighted by atomic mass is 16.5. The number of hydrogen-bond acceptors (Lipinski definition) is 3. The van der Waals surface area contributed by atoms with Crippen LogP contribution in [0, 0.1) is 0 Å². The largest absolute Gasteiger partial charge is 0.496 e. The first-order valence-corrected chi connectivity index (χ1v) is 6.39. The van der Waals surface area contributed by atoms with Crippen molar-refractivity contribution in [2.75, 3.05) is 7.11 Å². The fourth-order valence-electron chi connectivity index (χ4n) is 2.08. The van der Waals surface area contributed by atoms with E-state index in [0.29, 0.717) is 17.4 Å². The molecule has 0 saturated heterocycles. The van der Waals surface area contributed by atoms with Crippen molar-refractivity contribution in [2.24, 2.45) is 7.05 Å². The van der Waals surface area contributed by atoms with Gasteiger partial charge < -0.3 is 9.84 Å². The summed E-state index contributed by atoms with van der Waals surface area (Å²) in [6, 6.07) is 7.45. The summed E-state index contributed by atoms with van der Waals surface area (Å²) in [5.41, 5.74) is 2.70. The van der Waals surface area contributed by atoms with E-state index in [1.807, 2.05) is 18.2 Å². The molecular weight excluding hydrogens is 256 g/mol. The molecule has 20 heavy (non-hydrogen) atoms. The first-order chi connectivity index (χ1) is 9.43. The van der Waals surface area contributed by atoms with E-state index < -0.39 is 5.97 Å². The molecular formula is C15H18N2O3. The summed E-state index contributed by atoms with van der Waals surface area (Å²) >= 11 is 0. The lowest BCUT2D eigenvalue weighted by Crippen LogP contribution is -2.04. The molecule has 1 N–H and O–H groups in total. The van der Waals surface area contributed by atoms with Gasteiger partial charge in [-0.2, -0.15) is 5.10 Å². The topological polar surface area (TPSA) is 64.3 Å². The molecule has 2 rings (SSSR count). The summed E-state index contributed by atoms with van der Waals surface area (Å²) in [6.45, 7) is 4.22. The summed E-state index contributed by atoms with van der Waals surface area (Å²) in [5, 5.41) is 13.3. The van der Waals surface area contributed by atoms with Gasteiger partial charge in [0.05, 0.1) is 12.8 Å². The molecule has 2 aromatic rings. The lowest BCUT2D eigenvalue weighted by molar-refractivity contribution is 0.0685. The van der Waals surface area contributed by atoms with E-state index in [9.17, 15) is 4.79 Å². The average Bonchev–Trinajstić information content (AvgIpc) is 2.80. The maximum atomic E-state index is 11.1. The third kappa shape index (κ3) is 2.52. The van der Waals surface area contributed by atoms with Crippen LogP contribution in [0.2, 0.25) is 0 Å². The van der Waals surface area contributed by atoms with Gasteiger partial charge in [-0.25, -0.2) is 4.79 Å². The normalized spacial score (nSPS) is 10.8. The fraction of sp³-hybridized carbons (Fsp3) is 0.333. The van der Waals surface area contributed by atoms with Crippen molar-refractivity contribution >= 4 is 5.97 Å². The Labute approximate surface area is 117 Å². The Kier molecular flexibility index (Phi) is 3.79. The molecule has 0 fully saturated rings. The van der Waals surface area contributed by atoms with Crippen LogP contribution >= 0.6 is 0 Å². The number of aromatic nitrogens is 2. The molecule has 0 aliphatic heterocycles. The third-order valence-electron chi connectivity index (χ3n) is 3.27. The van der Waals surface area contributed by atoms with Crippen LogP contribution in [0.25, 0.3) is 11.3 Å². The monoisotopic (exact) mass is 274 g/mol. The highest BCUT2D eigenvalue weighted by molar-refractivity contribution is 5.87. The fourth-order valence-corrected chi connectivity index (χ4v) is 2.08. The van der Waals surface area contributed by atoms with E-state index in [2.05, 4.69) is 18.9 Å². The van der Waals surface area contributed by atoms with Crippen molar-refractivity contribution in [1.29, 1.82) is 0 Å². The summed E-state index contributed by atoms with van der Waals surface area (Å²) in [7, 11) is 3.21. The molecule has 5 nitrogen and oxygen atoms in total. The number of aromatic carboxylic acids is 1. The summed E-state index contributed by atoms with van der Waals surface area (Å²) in [5.74, 6) is 0.103. The van der Waals surface area contributed by atoms with Crippen molar-refractivity contribution < 1.29 is 14.6 Å². The van der Waals surface area contributed by atoms with Gasteiger partial charge in [0.25, 0.3) is 0 Å². The lowest BCUT2D eigenvalue weighted by atomic mass is 10.00. The molecule has 0 spiro atoms. The maximum Gasteiger partial charge on any atom is 0.354 e. The van der Waals surface area contributed by atoms with Crippen LogP contribution in [0.1, 0.15) is 35.8 Å². The number of ether oxygens (including phenoxy) is 1. The number of hydrogen-bond donors (Lipinski definition) is 1.